The van der Waals surface area contributed by atoms with Gasteiger partial charge >= 0.3 is 59.2 Å². The number of rotatable bonds is 18. The van der Waals surface area contributed by atoms with Gasteiger partial charge in [-0.2, -0.15) is 0 Å². The van der Waals surface area contributed by atoms with E-state index in [4.69, 9.17) is 14.5 Å². The molecule has 0 fully saturated rings. The SMILES string of the molecule is CCCCCCCCCCCCCCCCOP(=O)(O)O.CCOCC.[H-].[K+]. The molecular formula is C20H46KO5P. The molecule has 0 aliphatic carbocycles. The number of hydrogen-bond acceptors (Lipinski definition) is 3. The van der Waals surface area contributed by atoms with Crippen molar-refractivity contribution in [3.63, 3.8) is 0 Å². The van der Waals surface area contributed by atoms with Crippen LogP contribution in [0.1, 0.15) is 112 Å². The molecule has 0 aromatic rings. The summed E-state index contributed by atoms with van der Waals surface area (Å²) in [6.07, 6.45) is 17.8. The van der Waals surface area contributed by atoms with Gasteiger partial charge in [-0.05, 0) is 20.3 Å². The molecule has 0 bridgehead atoms. The number of hydrogen-bond donors (Lipinski definition) is 2. The van der Waals surface area contributed by atoms with E-state index in [1.807, 2.05) is 13.8 Å². The van der Waals surface area contributed by atoms with Gasteiger partial charge in [0.15, 0.2) is 0 Å². The average Bonchev–Trinajstić information content (AvgIpc) is 2.58. The van der Waals surface area contributed by atoms with Crippen molar-refractivity contribution in [2.24, 2.45) is 0 Å². The fraction of sp³-hybridized carbons (Fsp3) is 1.00. The van der Waals surface area contributed by atoms with Crippen molar-refractivity contribution < 1.29 is 76.4 Å². The minimum atomic E-state index is -4.25. The Morgan fingerprint density at radius 3 is 1.26 bits per heavy atom. The third-order valence-corrected chi connectivity index (χ3v) is 4.68. The summed E-state index contributed by atoms with van der Waals surface area (Å²) in [5.41, 5.74) is 0. The fourth-order valence-corrected chi connectivity index (χ4v) is 3.05. The van der Waals surface area contributed by atoms with Crippen molar-refractivity contribution in [1.82, 2.24) is 0 Å². The van der Waals surface area contributed by atoms with E-state index in [1.165, 1.54) is 70.6 Å². The summed E-state index contributed by atoms with van der Waals surface area (Å²) in [5.74, 6) is 0. The van der Waals surface area contributed by atoms with Gasteiger partial charge in [-0.1, -0.05) is 90.4 Å². The van der Waals surface area contributed by atoms with Crippen molar-refractivity contribution in [3.05, 3.63) is 0 Å². The minimum Gasteiger partial charge on any atom is -1.00 e. The van der Waals surface area contributed by atoms with Crippen molar-refractivity contribution in [3.8, 4) is 0 Å². The molecule has 162 valence electrons. The summed E-state index contributed by atoms with van der Waals surface area (Å²) in [7, 11) is -4.25. The predicted molar refractivity (Wildman–Crippen MR) is 112 cm³/mol. The largest absolute Gasteiger partial charge is 1.00 e. The maximum atomic E-state index is 10.4. The fourth-order valence-electron chi connectivity index (χ4n) is 2.68. The number of phosphoric ester groups is 1. The molecule has 0 saturated carbocycles. The van der Waals surface area contributed by atoms with E-state index >= 15 is 0 Å². The number of ether oxygens (including phenoxy) is 1. The maximum Gasteiger partial charge on any atom is 1.00 e. The van der Waals surface area contributed by atoms with Crippen LogP contribution in [0.2, 0.25) is 0 Å². The molecule has 0 unspecified atom stereocenters. The molecule has 7 heteroatoms. The second-order valence-electron chi connectivity index (χ2n) is 6.70. The minimum absolute atomic E-state index is 0. The average molecular weight is 437 g/mol. The van der Waals surface area contributed by atoms with Crippen molar-refractivity contribution >= 4 is 7.82 Å². The summed E-state index contributed by atoms with van der Waals surface area (Å²) in [6.45, 7) is 8.09. The third-order valence-electron chi connectivity index (χ3n) is 4.17. The van der Waals surface area contributed by atoms with Crippen LogP contribution in [0, 0.1) is 0 Å². The van der Waals surface area contributed by atoms with Gasteiger partial charge in [0.1, 0.15) is 0 Å². The zero-order chi connectivity index (χ0) is 19.9. The summed E-state index contributed by atoms with van der Waals surface area (Å²) in [6, 6.07) is 0. The normalized spacial score (nSPS) is 10.9. The standard InChI is InChI=1S/C16H35O4P.C4H10O.K.H/c1-2-3-4-5-6-7-8-9-10-11-12-13-14-15-16-20-21(17,18)19;1-3-5-4-2;;/h2-16H2,1H3,(H2,17,18,19);3-4H2,1-2H3;;/q;;+1;-1. The molecule has 0 rings (SSSR count). The van der Waals surface area contributed by atoms with E-state index in [2.05, 4.69) is 11.4 Å². The molecule has 0 amide bonds. The molecular weight excluding hydrogens is 390 g/mol. The predicted octanol–water partition coefficient (Wildman–Crippen LogP) is 3.74. The van der Waals surface area contributed by atoms with Crippen LogP contribution >= 0.6 is 7.82 Å². The Morgan fingerprint density at radius 1 is 0.667 bits per heavy atom. The zero-order valence-electron chi connectivity index (χ0n) is 19.6. The molecule has 0 atom stereocenters. The van der Waals surface area contributed by atoms with Crippen molar-refractivity contribution in [1.29, 1.82) is 0 Å². The molecule has 27 heavy (non-hydrogen) atoms. The first-order chi connectivity index (χ1) is 12.5. The van der Waals surface area contributed by atoms with Crippen molar-refractivity contribution in [2.75, 3.05) is 19.8 Å². The molecule has 0 spiro atoms. The van der Waals surface area contributed by atoms with E-state index < -0.39 is 7.82 Å². The van der Waals surface area contributed by atoms with Crippen LogP contribution in [0.3, 0.4) is 0 Å². The van der Waals surface area contributed by atoms with Crippen LogP contribution in [-0.4, -0.2) is 29.6 Å². The van der Waals surface area contributed by atoms with Crippen LogP contribution in [0.25, 0.3) is 0 Å². The molecule has 0 saturated heterocycles. The monoisotopic (exact) mass is 436 g/mol. The van der Waals surface area contributed by atoms with Gasteiger partial charge in [0.05, 0.1) is 6.61 Å². The first kappa shape index (κ1) is 33.3. The second-order valence-corrected chi connectivity index (χ2v) is 7.94. The van der Waals surface area contributed by atoms with E-state index in [9.17, 15) is 4.57 Å². The molecule has 0 aromatic carbocycles. The van der Waals surface area contributed by atoms with E-state index in [0.717, 1.165) is 32.5 Å². The Balaban J connectivity index is -0.000000364. The Kier molecular flexibility index (Phi) is 34.2. The van der Waals surface area contributed by atoms with Crippen LogP contribution in [0.5, 0.6) is 0 Å². The van der Waals surface area contributed by atoms with Gasteiger partial charge in [0.2, 0.25) is 0 Å². The summed E-state index contributed by atoms with van der Waals surface area (Å²) in [5, 5.41) is 0. The van der Waals surface area contributed by atoms with E-state index in [-0.39, 0.29) is 59.4 Å². The molecule has 0 radical (unpaired) electrons. The van der Waals surface area contributed by atoms with Gasteiger partial charge < -0.3 is 16.0 Å². The molecule has 5 nitrogen and oxygen atoms in total. The number of unbranched alkanes of at least 4 members (excludes halogenated alkanes) is 13. The van der Waals surface area contributed by atoms with E-state index in [1.54, 1.807) is 0 Å². The zero-order valence-corrected chi connectivity index (χ0v) is 22.6. The van der Waals surface area contributed by atoms with E-state index in [0.29, 0.717) is 0 Å². The molecule has 0 aromatic heterocycles. The first-order valence-corrected chi connectivity index (χ1v) is 12.3. The number of phosphoric acid groups is 1. The van der Waals surface area contributed by atoms with Gasteiger partial charge in [-0.25, -0.2) is 4.57 Å². The van der Waals surface area contributed by atoms with Gasteiger partial charge in [-0.3, -0.25) is 4.52 Å². The summed E-state index contributed by atoms with van der Waals surface area (Å²) < 4.78 is 19.7. The van der Waals surface area contributed by atoms with Crippen LogP contribution in [-0.2, 0) is 13.8 Å². The topological polar surface area (TPSA) is 76.0 Å². The van der Waals surface area contributed by atoms with Crippen LogP contribution in [0.4, 0.5) is 0 Å². The summed E-state index contributed by atoms with van der Waals surface area (Å²) >= 11 is 0. The van der Waals surface area contributed by atoms with Crippen molar-refractivity contribution in [2.45, 2.75) is 111 Å². The second kappa shape index (κ2) is 27.7. The van der Waals surface area contributed by atoms with Crippen LogP contribution < -0.4 is 51.4 Å². The molecule has 0 heterocycles. The molecule has 0 aliphatic rings. The van der Waals surface area contributed by atoms with Gasteiger partial charge in [0.25, 0.3) is 0 Å². The van der Waals surface area contributed by atoms with Gasteiger partial charge in [-0.15, -0.1) is 0 Å². The Bertz CT molecular complexity index is 304. The Hall–Kier alpha value is 1.71. The molecule has 0 aliphatic heterocycles. The molecule has 2 N–H and O–H groups in total. The quantitative estimate of drug-likeness (QED) is 0.194. The van der Waals surface area contributed by atoms with Gasteiger partial charge in [0, 0.05) is 13.2 Å². The Labute approximate surface area is 212 Å². The smallest absolute Gasteiger partial charge is 1.00 e. The summed E-state index contributed by atoms with van der Waals surface area (Å²) in [4.78, 5) is 17.0. The Morgan fingerprint density at radius 2 is 1.00 bits per heavy atom. The first-order valence-electron chi connectivity index (χ1n) is 10.8. The third kappa shape index (κ3) is 38.9. The van der Waals surface area contributed by atoms with Crippen LogP contribution in [0.15, 0.2) is 0 Å². The maximum absolute atomic E-state index is 10.4.